The Balaban J connectivity index is 1.77. The van der Waals surface area contributed by atoms with Crippen molar-refractivity contribution in [3.05, 3.63) is 30.1 Å². The van der Waals surface area contributed by atoms with E-state index < -0.39 is 0 Å². The maximum atomic E-state index is 4.44. The molecule has 0 amide bonds. The summed E-state index contributed by atoms with van der Waals surface area (Å²) in [4.78, 5) is 6.93. The molecule has 1 heterocycles. The Bertz CT molecular complexity index is 360. The van der Waals surface area contributed by atoms with E-state index in [-0.39, 0.29) is 0 Å². The van der Waals surface area contributed by atoms with Gasteiger partial charge in [-0.05, 0) is 38.4 Å². The Hall–Kier alpha value is -0.930. The molecule has 0 radical (unpaired) electrons. The molecule has 1 atom stereocenters. The summed E-state index contributed by atoms with van der Waals surface area (Å²) in [5, 5.41) is 3.76. The Morgan fingerprint density at radius 3 is 2.75 bits per heavy atom. The van der Waals surface area contributed by atoms with Gasteiger partial charge in [0.2, 0.25) is 0 Å². The zero-order chi connectivity index (χ0) is 14.2. The first-order valence-corrected chi connectivity index (χ1v) is 8.17. The van der Waals surface area contributed by atoms with Crippen molar-refractivity contribution >= 4 is 0 Å². The van der Waals surface area contributed by atoms with Crippen molar-refractivity contribution in [1.82, 2.24) is 15.2 Å². The lowest BCUT2D eigenvalue weighted by molar-refractivity contribution is 0.195. The van der Waals surface area contributed by atoms with E-state index in [1.54, 1.807) is 0 Å². The summed E-state index contributed by atoms with van der Waals surface area (Å²) in [7, 11) is 0. The zero-order valence-corrected chi connectivity index (χ0v) is 13.0. The van der Waals surface area contributed by atoms with Crippen LogP contribution in [0, 0.1) is 0 Å². The third-order valence-electron chi connectivity index (χ3n) is 4.43. The van der Waals surface area contributed by atoms with E-state index in [9.17, 15) is 0 Å². The molecule has 1 aliphatic rings. The van der Waals surface area contributed by atoms with Crippen LogP contribution in [-0.2, 0) is 6.54 Å². The summed E-state index contributed by atoms with van der Waals surface area (Å²) in [6, 6.07) is 7.47. The molecule has 1 aromatic heterocycles. The largest absolute Gasteiger partial charge is 0.312 e. The van der Waals surface area contributed by atoms with Gasteiger partial charge in [0.1, 0.15) is 0 Å². The normalized spacial score (nSPS) is 18.4. The molecule has 1 fully saturated rings. The average Bonchev–Trinajstić information content (AvgIpc) is 2.52. The van der Waals surface area contributed by atoms with Crippen molar-refractivity contribution in [2.75, 3.05) is 13.1 Å². The van der Waals surface area contributed by atoms with Crippen molar-refractivity contribution < 1.29 is 0 Å². The molecule has 20 heavy (non-hydrogen) atoms. The number of nitrogens with one attached hydrogen (secondary N) is 1. The van der Waals surface area contributed by atoms with E-state index in [1.807, 2.05) is 12.3 Å². The molecule has 3 heteroatoms. The van der Waals surface area contributed by atoms with Gasteiger partial charge in [0, 0.05) is 31.4 Å². The Labute approximate surface area is 123 Å². The average molecular weight is 275 g/mol. The topological polar surface area (TPSA) is 28.2 Å². The lowest BCUT2D eigenvalue weighted by Gasteiger charge is -2.30. The highest BCUT2D eigenvalue weighted by Crippen LogP contribution is 2.17. The predicted octanol–water partition coefficient (Wildman–Crippen LogP) is 3.21. The van der Waals surface area contributed by atoms with Crippen LogP contribution in [0.4, 0.5) is 0 Å². The number of nitrogens with zero attached hydrogens (tertiary/aromatic N) is 2. The minimum absolute atomic E-state index is 0.559. The first-order chi connectivity index (χ1) is 9.79. The molecule has 0 spiro atoms. The van der Waals surface area contributed by atoms with Crippen LogP contribution in [0.25, 0.3) is 0 Å². The molecule has 1 N–H and O–H groups in total. The van der Waals surface area contributed by atoms with Crippen molar-refractivity contribution in [2.24, 2.45) is 0 Å². The number of aromatic nitrogens is 1. The molecular formula is C17H29N3. The van der Waals surface area contributed by atoms with Crippen LogP contribution in [0.15, 0.2) is 24.4 Å². The minimum atomic E-state index is 0.559. The van der Waals surface area contributed by atoms with E-state index in [0.29, 0.717) is 6.04 Å². The van der Waals surface area contributed by atoms with Gasteiger partial charge >= 0.3 is 0 Å². The lowest BCUT2D eigenvalue weighted by Crippen LogP contribution is -2.43. The molecule has 0 bridgehead atoms. The molecule has 1 saturated carbocycles. The van der Waals surface area contributed by atoms with E-state index in [0.717, 1.165) is 25.7 Å². The highest BCUT2D eigenvalue weighted by molar-refractivity contribution is 5.03. The van der Waals surface area contributed by atoms with Crippen molar-refractivity contribution in [1.29, 1.82) is 0 Å². The first-order valence-electron chi connectivity index (χ1n) is 8.17. The fourth-order valence-corrected chi connectivity index (χ4v) is 3.05. The third kappa shape index (κ3) is 4.88. The summed E-state index contributed by atoms with van der Waals surface area (Å²) in [6.45, 7) is 7.67. The van der Waals surface area contributed by atoms with E-state index in [4.69, 9.17) is 0 Å². The van der Waals surface area contributed by atoms with Crippen LogP contribution in [-0.4, -0.2) is 35.1 Å². The minimum Gasteiger partial charge on any atom is -0.312 e. The zero-order valence-electron chi connectivity index (χ0n) is 13.0. The molecule has 3 nitrogen and oxygen atoms in total. The molecule has 1 aliphatic carbocycles. The lowest BCUT2D eigenvalue weighted by atomic mass is 9.95. The number of rotatable bonds is 7. The van der Waals surface area contributed by atoms with E-state index >= 15 is 0 Å². The van der Waals surface area contributed by atoms with Gasteiger partial charge in [-0.3, -0.25) is 9.88 Å². The van der Waals surface area contributed by atoms with Gasteiger partial charge in [0.05, 0.1) is 5.69 Å². The second kappa shape index (κ2) is 8.38. The van der Waals surface area contributed by atoms with Crippen LogP contribution in [0.5, 0.6) is 0 Å². The molecule has 112 valence electrons. The van der Waals surface area contributed by atoms with Crippen LogP contribution in [0.3, 0.4) is 0 Å². The highest BCUT2D eigenvalue weighted by Gasteiger charge is 2.17. The molecule has 2 rings (SSSR count). The third-order valence-corrected chi connectivity index (χ3v) is 4.43. The van der Waals surface area contributed by atoms with Gasteiger partial charge in [-0.1, -0.05) is 32.3 Å². The highest BCUT2D eigenvalue weighted by atomic mass is 15.2. The molecule has 0 saturated heterocycles. The summed E-state index contributed by atoms with van der Waals surface area (Å²) in [6.07, 6.45) is 8.83. The maximum Gasteiger partial charge on any atom is 0.0544 e. The summed E-state index contributed by atoms with van der Waals surface area (Å²) < 4.78 is 0. The fraction of sp³-hybridized carbons (Fsp3) is 0.706. The molecule has 0 aliphatic heterocycles. The van der Waals surface area contributed by atoms with Crippen LogP contribution in [0.2, 0.25) is 0 Å². The predicted molar refractivity (Wildman–Crippen MR) is 84.7 cm³/mol. The van der Waals surface area contributed by atoms with Gasteiger partial charge in [-0.2, -0.15) is 0 Å². The maximum absolute atomic E-state index is 4.44. The van der Waals surface area contributed by atoms with Crippen LogP contribution in [0.1, 0.15) is 51.6 Å². The second-order valence-electron chi connectivity index (χ2n) is 5.98. The van der Waals surface area contributed by atoms with Crippen molar-refractivity contribution in [3.8, 4) is 0 Å². The number of hydrogen-bond acceptors (Lipinski definition) is 3. The Morgan fingerprint density at radius 1 is 1.30 bits per heavy atom. The van der Waals surface area contributed by atoms with Crippen molar-refractivity contribution in [2.45, 2.75) is 64.6 Å². The summed E-state index contributed by atoms with van der Waals surface area (Å²) >= 11 is 0. The van der Waals surface area contributed by atoms with Crippen LogP contribution < -0.4 is 5.32 Å². The standard InChI is InChI=1S/C17H29N3/c1-3-20(14-17-11-7-8-12-18-17)15(2)13-19-16-9-5-4-6-10-16/h7-8,11-12,15-16,19H,3-6,9-10,13-14H2,1-2H3. The van der Waals surface area contributed by atoms with Gasteiger partial charge in [0.15, 0.2) is 0 Å². The van der Waals surface area contributed by atoms with E-state index in [2.05, 4.69) is 41.2 Å². The van der Waals surface area contributed by atoms with Gasteiger partial charge in [0.25, 0.3) is 0 Å². The molecule has 1 aromatic rings. The van der Waals surface area contributed by atoms with Gasteiger partial charge in [-0.15, -0.1) is 0 Å². The van der Waals surface area contributed by atoms with Gasteiger partial charge in [-0.25, -0.2) is 0 Å². The van der Waals surface area contributed by atoms with E-state index in [1.165, 1.54) is 37.8 Å². The summed E-state index contributed by atoms with van der Waals surface area (Å²) in [5.74, 6) is 0. The quantitative estimate of drug-likeness (QED) is 0.828. The monoisotopic (exact) mass is 275 g/mol. The molecule has 0 aromatic carbocycles. The Morgan fingerprint density at radius 2 is 2.10 bits per heavy atom. The SMILES string of the molecule is CCN(Cc1ccccn1)C(C)CNC1CCCCC1. The van der Waals surface area contributed by atoms with Gasteiger partial charge < -0.3 is 5.32 Å². The van der Waals surface area contributed by atoms with Crippen molar-refractivity contribution in [3.63, 3.8) is 0 Å². The second-order valence-corrected chi connectivity index (χ2v) is 5.98. The molecule has 1 unspecified atom stereocenters. The fourth-order valence-electron chi connectivity index (χ4n) is 3.05. The first kappa shape index (κ1) is 15.5. The number of hydrogen-bond donors (Lipinski definition) is 1. The summed E-state index contributed by atoms with van der Waals surface area (Å²) in [5.41, 5.74) is 1.17. The molecular weight excluding hydrogens is 246 g/mol. The van der Waals surface area contributed by atoms with Crippen LogP contribution >= 0.6 is 0 Å². The smallest absolute Gasteiger partial charge is 0.0544 e. The number of pyridine rings is 1. The number of likely N-dealkylation sites (N-methyl/N-ethyl adjacent to an activating group) is 1. The Kier molecular flexibility index (Phi) is 6.48.